The Hall–Kier alpha value is -3.70. The van der Waals surface area contributed by atoms with Crippen LogP contribution in [0, 0.1) is 29.0 Å². The lowest BCUT2D eigenvalue weighted by atomic mass is 9.90. The van der Waals surface area contributed by atoms with Crippen molar-refractivity contribution in [2.24, 2.45) is 18.9 Å². The largest absolute Gasteiger partial charge is 0.350 e. The lowest BCUT2D eigenvalue weighted by Crippen LogP contribution is -2.39. The van der Waals surface area contributed by atoms with Crippen LogP contribution in [-0.2, 0) is 18.3 Å². The molecule has 1 aromatic heterocycles. The SMILES string of the molecule is Cn1cc(C(=O)C(=O)N(CCC#N)CC2CC2)c2cc(C(=O)N3CCC(Cc4ccc(F)cc4)CC3)c(Cl)cc21. The molecule has 2 aliphatic rings. The van der Waals surface area contributed by atoms with Gasteiger partial charge in [-0.2, -0.15) is 5.26 Å². The van der Waals surface area contributed by atoms with Gasteiger partial charge in [0.1, 0.15) is 5.82 Å². The van der Waals surface area contributed by atoms with Crippen LogP contribution in [0.1, 0.15) is 58.4 Å². The van der Waals surface area contributed by atoms with E-state index >= 15 is 0 Å². The molecule has 1 aliphatic heterocycles. The number of Topliss-reactive ketones (excluding diaryl/α,β-unsaturated/α-hetero) is 1. The van der Waals surface area contributed by atoms with E-state index in [1.165, 1.54) is 17.0 Å². The summed E-state index contributed by atoms with van der Waals surface area (Å²) in [6.45, 7) is 1.85. The Morgan fingerprint density at radius 3 is 2.40 bits per heavy atom. The Kier molecular flexibility index (Phi) is 8.22. The fraction of sp³-hybridized carbons (Fsp3) is 0.419. The normalized spacial score (nSPS) is 15.7. The molecule has 0 spiro atoms. The van der Waals surface area contributed by atoms with Gasteiger partial charge in [0.05, 0.1) is 34.2 Å². The quantitative estimate of drug-likeness (QED) is 0.258. The zero-order valence-electron chi connectivity index (χ0n) is 22.5. The minimum Gasteiger partial charge on any atom is -0.350 e. The molecule has 0 atom stereocenters. The molecule has 3 aromatic rings. The maximum atomic E-state index is 13.5. The van der Waals surface area contributed by atoms with Gasteiger partial charge in [-0.25, -0.2) is 4.39 Å². The third-order valence-corrected chi connectivity index (χ3v) is 8.36. The van der Waals surface area contributed by atoms with Crippen LogP contribution >= 0.6 is 11.6 Å². The summed E-state index contributed by atoms with van der Waals surface area (Å²) in [5.41, 5.74) is 2.27. The number of nitrogens with zero attached hydrogens (tertiary/aromatic N) is 4. The Morgan fingerprint density at radius 2 is 1.75 bits per heavy atom. The van der Waals surface area contributed by atoms with Crippen molar-refractivity contribution in [1.29, 1.82) is 5.26 Å². The number of piperidine rings is 1. The summed E-state index contributed by atoms with van der Waals surface area (Å²) in [5.74, 6) is -0.945. The van der Waals surface area contributed by atoms with E-state index in [2.05, 4.69) is 6.07 Å². The summed E-state index contributed by atoms with van der Waals surface area (Å²) in [7, 11) is 1.77. The number of fused-ring (bicyclic) bond motifs is 1. The van der Waals surface area contributed by atoms with Gasteiger partial charge >= 0.3 is 0 Å². The Labute approximate surface area is 238 Å². The number of aromatic nitrogens is 1. The fourth-order valence-corrected chi connectivity index (χ4v) is 5.78. The zero-order valence-corrected chi connectivity index (χ0v) is 23.3. The van der Waals surface area contributed by atoms with Gasteiger partial charge < -0.3 is 14.4 Å². The molecule has 1 saturated heterocycles. The van der Waals surface area contributed by atoms with Crippen LogP contribution in [0.4, 0.5) is 4.39 Å². The summed E-state index contributed by atoms with van der Waals surface area (Å²) in [6.07, 6.45) is 6.30. The average molecular weight is 563 g/mol. The Morgan fingerprint density at radius 1 is 1.05 bits per heavy atom. The fourth-order valence-electron chi connectivity index (χ4n) is 5.54. The lowest BCUT2D eigenvalue weighted by molar-refractivity contribution is -0.126. The summed E-state index contributed by atoms with van der Waals surface area (Å²) < 4.78 is 15.0. The van der Waals surface area contributed by atoms with Crippen LogP contribution in [0.15, 0.2) is 42.6 Å². The predicted octanol–water partition coefficient (Wildman–Crippen LogP) is 5.40. The monoisotopic (exact) mass is 562 g/mol. The molecular formula is C31H32ClFN4O3. The first kappa shape index (κ1) is 27.9. The lowest BCUT2D eigenvalue weighted by Gasteiger charge is -2.32. The van der Waals surface area contributed by atoms with Crippen LogP contribution in [-0.4, -0.2) is 58.1 Å². The van der Waals surface area contributed by atoms with Crippen LogP contribution in [0.3, 0.4) is 0 Å². The topological polar surface area (TPSA) is 86.4 Å². The van der Waals surface area contributed by atoms with Crippen LogP contribution in [0.25, 0.3) is 10.9 Å². The third kappa shape index (κ3) is 6.05. The summed E-state index contributed by atoms with van der Waals surface area (Å²) in [6, 6.07) is 11.9. The summed E-state index contributed by atoms with van der Waals surface area (Å²) >= 11 is 6.58. The molecule has 208 valence electrons. The number of benzene rings is 2. The maximum Gasteiger partial charge on any atom is 0.295 e. The Bertz CT molecular complexity index is 1480. The van der Waals surface area contributed by atoms with E-state index in [0.717, 1.165) is 37.7 Å². The minimum absolute atomic E-state index is 0.163. The van der Waals surface area contributed by atoms with Crippen molar-refractivity contribution in [2.75, 3.05) is 26.2 Å². The molecule has 2 aromatic carbocycles. The van der Waals surface area contributed by atoms with Gasteiger partial charge in [-0.3, -0.25) is 14.4 Å². The van der Waals surface area contributed by atoms with Crippen LogP contribution < -0.4 is 0 Å². The van der Waals surface area contributed by atoms with E-state index in [4.69, 9.17) is 16.9 Å². The van der Waals surface area contributed by atoms with Crippen molar-refractivity contribution in [1.82, 2.24) is 14.4 Å². The highest BCUT2D eigenvalue weighted by molar-refractivity contribution is 6.45. The summed E-state index contributed by atoms with van der Waals surface area (Å²) in [5, 5.41) is 9.82. The second-order valence-corrected chi connectivity index (χ2v) is 11.4. The zero-order chi connectivity index (χ0) is 28.4. The van der Waals surface area contributed by atoms with Gasteiger partial charge in [-0.05, 0) is 73.8 Å². The number of aryl methyl sites for hydroxylation is 1. The molecule has 0 unspecified atom stereocenters. The van der Waals surface area contributed by atoms with E-state index in [-0.39, 0.29) is 30.3 Å². The number of carbonyl (C=O) groups is 3. The van der Waals surface area contributed by atoms with Gasteiger partial charge in [0.25, 0.3) is 17.6 Å². The standard InChI is InChI=1S/C31H32ClFN4O3/c1-35-19-26(29(38)31(40)37(12-2-11-34)18-22-3-4-22)24-16-25(27(32)17-28(24)35)30(39)36-13-9-21(10-14-36)15-20-5-7-23(33)8-6-20/h5-8,16-17,19,21-22H,2-4,9-10,12-15,18H2,1H3. The van der Waals surface area contributed by atoms with Crippen molar-refractivity contribution >= 4 is 40.1 Å². The van der Waals surface area contributed by atoms with Crippen molar-refractivity contribution in [3.63, 3.8) is 0 Å². The second-order valence-electron chi connectivity index (χ2n) is 11.0. The van der Waals surface area contributed by atoms with E-state index in [9.17, 15) is 18.8 Å². The van der Waals surface area contributed by atoms with Gasteiger partial charge in [-0.1, -0.05) is 23.7 Å². The minimum atomic E-state index is -0.647. The first-order valence-corrected chi connectivity index (χ1v) is 14.2. The molecule has 1 saturated carbocycles. The van der Waals surface area contributed by atoms with Crippen molar-refractivity contribution in [3.8, 4) is 6.07 Å². The molecule has 5 rings (SSSR count). The first-order chi connectivity index (χ1) is 19.2. The number of hydrogen-bond donors (Lipinski definition) is 0. The molecule has 2 fully saturated rings. The molecule has 2 amide bonds. The number of likely N-dealkylation sites (tertiary alicyclic amines) is 1. The van der Waals surface area contributed by atoms with Gasteiger partial charge in [0.15, 0.2) is 0 Å². The molecular weight excluding hydrogens is 531 g/mol. The number of amides is 2. The van der Waals surface area contributed by atoms with Gasteiger partial charge in [0, 0.05) is 44.8 Å². The van der Waals surface area contributed by atoms with E-state index in [1.807, 2.05) is 0 Å². The van der Waals surface area contributed by atoms with Crippen LogP contribution in [0.2, 0.25) is 5.02 Å². The van der Waals surface area contributed by atoms with E-state index < -0.39 is 11.7 Å². The second kappa shape index (κ2) is 11.8. The molecule has 2 heterocycles. The van der Waals surface area contributed by atoms with E-state index in [1.54, 1.807) is 47.0 Å². The number of hydrogen-bond acceptors (Lipinski definition) is 4. The number of carbonyl (C=O) groups excluding carboxylic acids is 3. The third-order valence-electron chi connectivity index (χ3n) is 8.04. The first-order valence-electron chi connectivity index (χ1n) is 13.8. The van der Waals surface area contributed by atoms with Gasteiger partial charge in [-0.15, -0.1) is 0 Å². The smallest absolute Gasteiger partial charge is 0.295 e. The van der Waals surface area contributed by atoms with E-state index in [0.29, 0.717) is 53.0 Å². The number of rotatable bonds is 9. The van der Waals surface area contributed by atoms with Gasteiger partial charge in [0.2, 0.25) is 0 Å². The maximum absolute atomic E-state index is 13.5. The molecule has 7 nitrogen and oxygen atoms in total. The molecule has 40 heavy (non-hydrogen) atoms. The highest BCUT2D eigenvalue weighted by Gasteiger charge is 2.32. The molecule has 0 bridgehead atoms. The van der Waals surface area contributed by atoms with Crippen molar-refractivity contribution in [3.05, 3.63) is 70.1 Å². The molecule has 9 heteroatoms. The highest BCUT2D eigenvalue weighted by Crippen LogP contribution is 2.32. The molecule has 0 radical (unpaired) electrons. The summed E-state index contributed by atoms with van der Waals surface area (Å²) in [4.78, 5) is 43.4. The number of ketones is 1. The van der Waals surface area contributed by atoms with Crippen LogP contribution in [0.5, 0.6) is 0 Å². The highest BCUT2D eigenvalue weighted by atomic mass is 35.5. The van der Waals surface area contributed by atoms with Crippen molar-refractivity contribution in [2.45, 2.75) is 38.5 Å². The average Bonchev–Trinajstić information content (AvgIpc) is 3.73. The van der Waals surface area contributed by atoms with Crippen molar-refractivity contribution < 1.29 is 18.8 Å². The number of halogens is 2. The predicted molar refractivity (Wildman–Crippen MR) is 151 cm³/mol. The molecule has 1 aliphatic carbocycles. The molecule has 0 N–H and O–H groups in total. The Balaban J connectivity index is 1.33. The number of nitriles is 1.